The maximum Gasteiger partial charge on any atom is 0.234 e. The molecule has 0 bridgehead atoms. The molecule has 1 aromatic heterocycles. The number of rotatable bonds is 8. The summed E-state index contributed by atoms with van der Waals surface area (Å²) in [6.45, 7) is 3.78. The van der Waals surface area contributed by atoms with Crippen LogP contribution in [0.2, 0.25) is 5.02 Å². The first-order chi connectivity index (χ1) is 14.8. The van der Waals surface area contributed by atoms with Crippen LogP contribution in [0.1, 0.15) is 29.9 Å². The van der Waals surface area contributed by atoms with Crippen LogP contribution in [-0.4, -0.2) is 32.4 Å². The SMILES string of the molecule is Cc1ccc(NC(=O)CS[C@@H](C)C(=O)N[C@@H](c2ccc(Cl)cc2)c2nccn2C)cc1. The number of imidazole rings is 1. The Labute approximate surface area is 191 Å². The average molecular weight is 457 g/mol. The Hall–Kier alpha value is -2.77. The molecule has 0 saturated heterocycles. The summed E-state index contributed by atoms with van der Waals surface area (Å²) in [6, 6.07) is 14.5. The Morgan fingerprint density at radius 3 is 2.42 bits per heavy atom. The van der Waals surface area contributed by atoms with Crippen molar-refractivity contribution in [2.75, 3.05) is 11.1 Å². The molecule has 2 aromatic carbocycles. The third-order valence-electron chi connectivity index (χ3n) is 4.78. The number of amides is 2. The van der Waals surface area contributed by atoms with Crippen molar-refractivity contribution >= 4 is 40.9 Å². The first kappa shape index (κ1) is 22.9. The summed E-state index contributed by atoms with van der Waals surface area (Å²) in [5.41, 5.74) is 2.74. The molecule has 2 amide bonds. The standard InChI is InChI=1S/C23H25ClN4O2S/c1-15-4-10-19(11-5-15)26-20(29)14-31-16(2)23(30)27-21(22-25-12-13-28(22)3)17-6-8-18(24)9-7-17/h4-13,16,21H,14H2,1-3H3,(H,26,29)(H,27,30)/t16-,21-/m0/s1. The molecule has 0 fully saturated rings. The van der Waals surface area contributed by atoms with E-state index in [2.05, 4.69) is 15.6 Å². The first-order valence-electron chi connectivity index (χ1n) is 9.84. The molecule has 0 spiro atoms. The lowest BCUT2D eigenvalue weighted by molar-refractivity contribution is -0.120. The van der Waals surface area contributed by atoms with Gasteiger partial charge in [-0.15, -0.1) is 11.8 Å². The van der Waals surface area contributed by atoms with Gasteiger partial charge in [-0.05, 0) is 43.7 Å². The van der Waals surface area contributed by atoms with E-state index in [1.807, 2.05) is 61.1 Å². The number of nitrogens with one attached hydrogen (secondary N) is 2. The smallest absolute Gasteiger partial charge is 0.234 e. The summed E-state index contributed by atoms with van der Waals surface area (Å²) in [6.07, 6.45) is 3.52. The van der Waals surface area contributed by atoms with E-state index in [0.29, 0.717) is 10.8 Å². The van der Waals surface area contributed by atoms with Gasteiger partial charge in [0.2, 0.25) is 11.8 Å². The second-order valence-corrected chi connectivity index (χ2v) is 9.02. The highest BCUT2D eigenvalue weighted by Crippen LogP contribution is 2.23. The molecule has 8 heteroatoms. The van der Waals surface area contributed by atoms with Gasteiger partial charge in [0, 0.05) is 30.2 Å². The van der Waals surface area contributed by atoms with Gasteiger partial charge in [-0.3, -0.25) is 9.59 Å². The predicted octanol–water partition coefficient (Wildman–Crippen LogP) is 4.35. The number of hydrogen-bond acceptors (Lipinski definition) is 4. The Morgan fingerprint density at radius 1 is 1.13 bits per heavy atom. The molecule has 3 rings (SSSR count). The maximum absolute atomic E-state index is 12.9. The molecule has 0 radical (unpaired) electrons. The monoisotopic (exact) mass is 456 g/mol. The number of anilines is 1. The van der Waals surface area contributed by atoms with Crippen LogP contribution in [0.4, 0.5) is 5.69 Å². The lowest BCUT2D eigenvalue weighted by atomic mass is 10.1. The highest BCUT2D eigenvalue weighted by Gasteiger charge is 2.24. The zero-order valence-electron chi connectivity index (χ0n) is 17.6. The van der Waals surface area contributed by atoms with E-state index in [1.54, 1.807) is 25.3 Å². The van der Waals surface area contributed by atoms with Crippen molar-refractivity contribution in [1.29, 1.82) is 0 Å². The Bertz CT molecular complexity index is 1030. The van der Waals surface area contributed by atoms with E-state index in [9.17, 15) is 9.59 Å². The van der Waals surface area contributed by atoms with Crippen molar-refractivity contribution in [2.45, 2.75) is 25.1 Å². The van der Waals surface area contributed by atoms with Gasteiger partial charge in [0.1, 0.15) is 11.9 Å². The van der Waals surface area contributed by atoms with Gasteiger partial charge in [-0.25, -0.2) is 4.98 Å². The number of thioether (sulfide) groups is 1. The fourth-order valence-electron chi connectivity index (χ4n) is 2.98. The maximum atomic E-state index is 12.9. The second-order valence-electron chi connectivity index (χ2n) is 7.26. The molecule has 0 unspecified atom stereocenters. The first-order valence-corrected chi connectivity index (χ1v) is 11.3. The van der Waals surface area contributed by atoms with Gasteiger partial charge >= 0.3 is 0 Å². The molecular formula is C23H25ClN4O2S. The van der Waals surface area contributed by atoms with E-state index in [4.69, 9.17) is 11.6 Å². The zero-order chi connectivity index (χ0) is 22.4. The summed E-state index contributed by atoms with van der Waals surface area (Å²) in [5, 5.41) is 6.11. The number of nitrogens with zero attached hydrogens (tertiary/aromatic N) is 2. The molecule has 31 heavy (non-hydrogen) atoms. The minimum absolute atomic E-state index is 0.146. The quantitative estimate of drug-likeness (QED) is 0.528. The van der Waals surface area contributed by atoms with Crippen molar-refractivity contribution in [3.8, 4) is 0 Å². The van der Waals surface area contributed by atoms with Crippen LogP contribution in [0.3, 0.4) is 0 Å². The van der Waals surface area contributed by atoms with Crippen LogP contribution in [0.5, 0.6) is 0 Å². The fourth-order valence-corrected chi connectivity index (χ4v) is 3.80. The van der Waals surface area contributed by atoms with Crippen molar-refractivity contribution in [2.24, 2.45) is 7.05 Å². The van der Waals surface area contributed by atoms with E-state index in [-0.39, 0.29) is 17.6 Å². The summed E-state index contributed by atoms with van der Waals surface area (Å²) in [5.74, 6) is 0.573. The molecule has 0 aliphatic carbocycles. The summed E-state index contributed by atoms with van der Waals surface area (Å²) < 4.78 is 1.87. The van der Waals surface area contributed by atoms with Crippen LogP contribution in [0.15, 0.2) is 60.9 Å². The predicted molar refractivity (Wildman–Crippen MR) is 126 cm³/mol. The molecule has 0 saturated carbocycles. The van der Waals surface area contributed by atoms with Gasteiger partial charge in [0.15, 0.2) is 0 Å². The molecule has 0 aliphatic heterocycles. The minimum atomic E-state index is -0.422. The van der Waals surface area contributed by atoms with Crippen molar-refractivity contribution < 1.29 is 9.59 Å². The number of benzene rings is 2. The van der Waals surface area contributed by atoms with Crippen LogP contribution in [0.25, 0.3) is 0 Å². The minimum Gasteiger partial charge on any atom is -0.341 e. The highest BCUT2D eigenvalue weighted by molar-refractivity contribution is 8.01. The van der Waals surface area contributed by atoms with Crippen LogP contribution < -0.4 is 10.6 Å². The van der Waals surface area contributed by atoms with Crippen LogP contribution >= 0.6 is 23.4 Å². The molecular weight excluding hydrogens is 432 g/mol. The Morgan fingerprint density at radius 2 is 1.81 bits per heavy atom. The van der Waals surface area contributed by atoms with Gasteiger partial charge in [0.25, 0.3) is 0 Å². The molecule has 3 aromatic rings. The number of hydrogen-bond donors (Lipinski definition) is 2. The molecule has 0 aliphatic rings. The summed E-state index contributed by atoms with van der Waals surface area (Å²) >= 11 is 7.30. The van der Waals surface area contributed by atoms with Gasteiger partial charge in [0.05, 0.1) is 11.0 Å². The van der Waals surface area contributed by atoms with E-state index >= 15 is 0 Å². The van der Waals surface area contributed by atoms with Crippen molar-refractivity contribution in [1.82, 2.24) is 14.9 Å². The number of halogens is 1. The van der Waals surface area contributed by atoms with E-state index in [1.165, 1.54) is 11.8 Å². The van der Waals surface area contributed by atoms with Crippen molar-refractivity contribution in [3.05, 3.63) is 82.9 Å². The highest BCUT2D eigenvalue weighted by atomic mass is 35.5. The molecule has 2 N–H and O–H groups in total. The summed E-state index contributed by atoms with van der Waals surface area (Å²) in [7, 11) is 1.88. The van der Waals surface area contributed by atoms with Gasteiger partial charge in [-0.2, -0.15) is 0 Å². The normalized spacial score (nSPS) is 12.8. The Balaban J connectivity index is 1.61. The van der Waals surface area contributed by atoms with Gasteiger partial charge in [-0.1, -0.05) is 41.4 Å². The fraction of sp³-hybridized carbons (Fsp3) is 0.261. The number of carbonyl (C=O) groups excluding carboxylic acids is 2. The van der Waals surface area contributed by atoms with Crippen LogP contribution in [-0.2, 0) is 16.6 Å². The lowest BCUT2D eigenvalue weighted by Crippen LogP contribution is -2.36. The third kappa shape index (κ3) is 6.35. The molecule has 2 atom stereocenters. The number of aryl methyl sites for hydroxylation is 2. The number of aromatic nitrogens is 2. The molecule has 162 valence electrons. The second kappa shape index (κ2) is 10.5. The topological polar surface area (TPSA) is 76.0 Å². The average Bonchev–Trinajstić information content (AvgIpc) is 3.18. The lowest BCUT2D eigenvalue weighted by Gasteiger charge is -2.21. The summed E-state index contributed by atoms with van der Waals surface area (Å²) in [4.78, 5) is 29.5. The largest absolute Gasteiger partial charge is 0.341 e. The van der Waals surface area contributed by atoms with Crippen LogP contribution in [0, 0.1) is 6.92 Å². The number of carbonyl (C=O) groups is 2. The zero-order valence-corrected chi connectivity index (χ0v) is 19.2. The van der Waals surface area contributed by atoms with Gasteiger partial charge < -0.3 is 15.2 Å². The van der Waals surface area contributed by atoms with E-state index in [0.717, 1.165) is 16.8 Å². The Kier molecular flexibility index (Phi) is 7.76. The third-order valence-corrected chi connectivity index (χ3v) is 6.17. The molecule has 1 heterocycles. The van der Waals surface area contributed by atoms with Crippen molar-refractivity contribution in [3.63, 3.8) is 0 Å². The molecule has 6 nitrogen and oxygen atoms in total. The van der Waals surface area contributed by atoms with E-state index < -0.39 is 11.3 Å².